The fraction of sp³-hybridized carbons (Fsp3) is 0.400. The van der Waals surface area contributed by atoms with Gasteiger partial charge in [-0.25, -0.2) is 4.98 Å². The second-order valence-electron chi connectivity index (χ2n) is 6.59. The second-order valence-corrected chi connectivity index (χ2v) is 6.59. The molecule has 1 heterocycles. The van der Waals surface area contributed by atoms with E-state index in [1.807, 2.05) is 25.1 Å². The number of aryl methyl sites for hydroxylation is 1. The van der Waals surface area contributed by atoms with E-state index in [9.17, 15) is 4.79 Å². The van der Waals surface area contributed by atoms with Crippen LogP contribution in [0, 0.1) is 6.92 Å². The molecule has 0 unspecified atom stereocenters. The molecule has 1 aliphatic carbocycles. The summed E-state index contributed by atoms with van der Waals surface area (Å²) in [5.74, 6) is 0.630. The van der Waals surface area contributed by atoms with Crippen LogP contribution in [0.5, 0.6) is 0 Å². The minimum atomic E-state index is -0.111. The number of aromatic nitrogens is 2. The van der Waals surface area contributed by atoms with Crippen molar-refractivity contribution in [3.8, 4) is 11.4 Å². The van der Waals surface area contributed by atoms with Crippen molar-refractivity contribution in [2.75, 3.05) is 6.54 Å². The monoisotopic (exact) mass is 323 g/mol. The lowest BCUT2D eigenvalue weighted by Gasteiger charge is -2.27. The van der Waals surface area contributed by atoms with Gasteiger partial charge in [-0.3, -0.25) is 9.69 Å². The molecule has 4 nitrogen and oxygen atoms in total. The highest BCUT2D eigenvalue weighted by Crippen LogP contribution is 2.25. The minimum absolute atomic E-state index is 0.111. The zero-order chi connectivity index (χ0) is 16.9. The van der Waals surface area contributed by atoms with E-state index in [1.165, 1.54) is 37.3 Å². The molecule has 0 saturated heterocycles. The number of rotatable bonds is 6. The van der Waals surface area contributed by atoms with E-state index >= 15 is 0 Å². The molecule has 0 amide bonds. The molecular weight excluding hydrogens is 298 g/mol. The number of hydrogen-bond donors (Lipinski definition) is 1. The van der Waals surface area contributed by atoms with E-state index in [2.05, 4.69) is 33.6 Å². The van der Waals surface area contributed by atoms with Gasteiger partial charge in [-0.2, -0.15) is 0 Å². The summed E-state index contributed by atoms with van der Waals surface area (Å²) in [5.41, 5.74) is 2.84. The van der Waals surface area contributed by atoms with E-state index < -0.39 is 0 Å². The molecule has 2 aromatic rings. The SMILES string of the molecule is C=CCN(Cc1ccc(-c2nc(C)cc(=O)[nH]2)cc1)C1CCCC1. The molecule has 4 heteroatoms. The molecule has 24 heavy (non-hydrogen) atoms. The summed E-state index contributed by atoms with van der Waals surface area (Å²) in [4.78, 5) is 21.3. The Morgan fingerprint density at radius 3 is 2.62 bits per heavy atom. The van der Waals surface area contributed by atoms with Gasteiger partial charge < -0.3 is 4.98 Å². The minimum Gasteiger partial charge on any atom is -0.307 e. The Morgan fingerprint density at radius 2 is 2.00 bits per heavy atom. The smallest absolute Gasteiger partial charge is 0.251 e. The largest absolute Gasteiger partial charge is 0.307 e. The van der Waals surface area contributed by atoms with Crippen molar-refractivity contribution < 1.29 is 0 Å². The average molecular weight is 323 g/mol. The molecule has 0 aliphatic heterocycles. The Labute approximate surface area is 143 Å². The number of benzene rings is 1. The van der Waals surface area contributed by atoms with Gasteiger partial charge in [0, 0.05) is 36.5 Å². The Kier molecular flexibility index (Phi) is 5.26. The Balaban J connectivity index is 1.75. The maximum Gasteiger partial charge on any atom is 0.251 e. The summed E-state index contributed by atoms with van der Waals surface area (Å²) in [6.07, 6.45) is 7.25. The summed E-state index contributed by atoms with van der Waals surface area (Å²) in [6, 6.07) is 10.5. The van der Waals surface area contributed by atoms with Gasteiger partial charge in [0.05, 0.1) is 0 Å². The first-order chi connectivity index (χ1) is 11.7. The third-order valence-electron chi connectivity index (χ3n) is 4.69. The van der Waals surface area contributed by atoms with Crippen molar-refractivity contribution in [1.82, 2.24) is 14.9 Å². The number of H-pyrrole nitrogens is 1. The highest BCUT2D eigenvalue weighted by molar-refractivity contribution is 5.55. The Bertz CT molecular complexity index is 742. The standard InChI is InChI=1S/C20H25N3O/c1-3-12-23(18-6-4-5-7-18)14-16-8-10-17(11-9-16)20-21-15(2)13-19(24)22-20/h3,8-11,13,18H,1,4-7,12,14H2,2H3,(H,21,22,24). The van der Waals surface area contributed by atoms with Crippen LogP contribution in [0.25, 0.3) is 11.4 Å². The lowest BCUT2D eigenvalue weighted by molar-refractivity contribution is 0.211. The first-order valence-electron chi connectivity index (χ1n) is 8.68. The predicted octanol–water partition coefficient (Wildman–Crippen LogP) is 3.68. The van der Waals surface area contributed by atoms with Crippen molar-refractivity contribution in [3.05, 3.63) is 64.6 Å². The van der Waals surface area contributed by atoms with Crippen LogP contribution in [-0.2, 0) is 6.54 Å². The molecule has 0 spiro atoms. The molecule has 1 fully saturated rings. The maximum atomic E-state index is 11.6. The van der Waals surface area contributed by atoms with Gasteiger partial charge in [-0.1, -0.05) is 43.2 Å². The van der Waals surface area contributed by atoms with Gasteiger partial charge in [0.1, 0.15) is 5.82 Å². The van der Waals surface area contributed by atoms with Crippen molar-refractivity contribution in [3.63, 3.8) is 0 Å². The van der Waals surface area contributed by atoms with Crippen molar-refractivity contribution >= 4 is 0 Å². The first-order valence-corrected chi connectivity index (χ1v) is 8.68. The molecule has 0 radical (unpaired) electrons. The Hall–Kier alpha value is -2.20. The van der Waals surface area contributed by atoms with Gasteiger partial charge in [0.2, 0.25) is 0 Å². The van der Waals surface area contributed by atoms with E-state index in [4.69, 9.17) is 0 Å². The number of nitrogens with one attached hydrogen (secondary N) is 1. The molecule has 1 aliphatic rings. The first kappa shape index (κ1) is 16.7. The molecule has 1 saturated carbocycles. The fourth-order valence-corrected chi connectivity index (χ4v) is 3.50. The predicted molar refractivity (Wildman–Crippen MR) is 97.9 cm³/mol. The number of nitrogens with zero attached hydrogens (tertiary/aromatic N) is 2. The van der Waals surface area contributed by atoms with Crippen molar-refractivity contribution in [2.45, 2.75) is 45.2 Å². The van der Waals surface area contributed by atoms with Crippen LogP contribution in [0.15, 0.2) is 47.8 Å². The molecular formula is C20H25N3O. The molecule has 0 bridgehead atoms. The van der Waals surface area contributed by atoms with Gasteiger partial charge in [0.25, 0.3) is 5.56 Å². The van der Waals surface area contributed by atoms with E-state index in [1.54, 1.807) is 0 Å². The molecule has 1 aromatic carbocycles. The Morgan fingerprint density at radius 1 is 1.29 bits per heavy atom. The van der Waals surface area contributed by atoms with Gasteiger partial charge in [-0.15, -0.1) is 6.58 Å². The summed E-state index contributed by atoms with van der Waals surface area (Å²) in [6.45, 7) is 7.60. The quantitative estimate of drug-likeness (QED) is 0.825. The van der Waals surface area contributed by atoms with Gasteiger partial charge >= 0.3 is 0 Å². The number of hydrogen-bond acceptors (Lipinski definition) is 3. The van der Waals surface area contributed by atoms with E-state index in [0.29, 0.717) is 11.9 Å². The van der Waals surface area contributed by atoms with Gasteiger partial charge in [0.15, 0.2) is 0 Å². The average Bonchev–Trinajstić information content (AvgIpc) is 3.08. The summed E-state index contributed by atoms with van der Waals surface area (Å²) in [7, 11) is 0. The van der Waals surface area contributed by atoms with Crippen LogP contribution in [0.2, 0.25) is 0 Å². The fourth-order valence-electron chi connectivity index (χ4n) is 3.50. The summed E-state index contributed by atoms with van der Waals surface area (Å²) >= 11 is 0. The lowest BCUT2D eigenvalue weighted by Crippen LogP contribution is -2.32. The van der Waals surface area contributed by atoms with Crippen LogP contribution < -0.4 is 5.56 Å². The topological polar surface area (TPSA) is 49.0 Å². The molecule has 1 aromatic heterocycles. The highest BCUT2D eigenvalue weighted by atomic mass is 16.1. The third kappa shape index (κ3) is 4.01. The van der Waals surface area contributed by atoms with Crippen LogP contribution >= 0.6 is 0 Å². The van der Waals surface area contributed by atoms with Crippen LogP contribution in [0.3, 0.4) is 0 Å². The zero-order valence-corrected chi connectivity index (χ0v) is 14.3. The third-order valence-corrected chi connectivity index (χ3v) is 4.69. The number of aromatic amines is 1. The zero-order valence-electron chi connectivity index (χ0n) is 14.3. The molecule has 3 rings (SSSR count). The summed E-state index contributed by atoms with van der Waals surface area (Å²) in [5, 5.41) is 0. The summed E-state index contributed by atoms with van der Waals surface area (Å²) < 4.78 is 0. The molecule has 1 N–H and O–H groups in total. The second kappa shape index (κ2) is 7.58. The highest BCUT2D eigenvalue weighted by Gasteiger charge is 2.21. The molecule has 126 valence electrons. The lowest BCUT2D eigenvalue weighted by atomic mass is 10.1. The van der Waals surface area contributed by atoms with Crippen molar-refractivity contribution in [2.24, 2.45) is 0 Å². The van der Waals surface area contributed by atoms with Crippen LogP contribution in [0.1, 0.15) is 36.9 Å². The van der Waals surface area contributed by atoms with Gasteiger partial charge in [-0.05, 0) is 25.3 Å². The molecule has 0 atom stereocenters. The van der Waals surface area contributed by atoms with Crippen molar-refractivity contribution in [1.29, 1.82) is 0 Å². The van der Waals surface area contributed by atoms with Crippen LogP contribution in [0.4, 0.5) is 0 Å². The van der Waals surface area contributed by atoms with Crippen LogP contribution in [-0.4, -0.2) is 27.5 Å². The van der Waals surface area contributed by atoms with E-state index in [0.717, 1.165) is 24.3 Å². The maximum absolute atomic E-state index is 11.6. The normalized spacial score (nSPS) is 15.1. The van der Waals surface area contributed by atoms with E-state index in [-0.39, 0.29) is 5.56 Å².